The van der Waals surface area contributed by atoms with Crippen molar-refractivity contribution in [3.8, 4) is 0 Å². The summed E-state index contributed by atoms with van der Waals surface area (Å²) < 4.78 is 15.3. The summed E-state index contributed by atoms with van der Waals surface area (Å²) in [4.78, 5) is 24.6. The van der Waals surface area contributed by atoms with E-state index in [1.165, 1.54) is 7.11 Å². The van der Waals surface area contributed by atoms with Gasteiger partial charge in [-0.05, 0) is 31.5 Å². The molecule has 1 aromatic carbocycles. The molecule has 0 radical (unpaired) electrons. The summed E-state index contributed by atoms with van der Waals surface area (Å²) in [6.45, 7) is 3.48. The molecular weight excluding hydrogens is 334 g/mol. The number of hydrogen-bond donors (Lipinski definition) is 1. The fourth-order valence-electron chi connectivity index (χ4n) is 2.55. The van der Waals surface area contributed by atoms with Crippen molar-refractivity contribution in [3.63, 3.8) is 0 Å². The van der Waals surface area contributed by atoms with Gasteiger partial charge in [-0.1, -0.05) is 23.7 Å². The molecule has 0 aliphatic carbocycles. The third kappa shape index (κ3) is 3.38. The van der Waals surface area contributed by atoms with E-state index in [4.69, 9.17) is 31.5 Å². The van der Waals surface area contributed by atoms with Crippen LogP contribution in [0.3, 0.4) is 0 Å². The van der Waals surface area contributed by atoms with Crippen molar-refractivity contribution < 1.29 is 23.8 Å². The van der Waals surface area contributed by atoms with Crippen molar-refractivity contribution in [2.24, 2.45) is 5.73 Å². The molecule has 0 spiro atoms. The van der Waals surface area contributed by atoms with Gasteiger partial charge in [0.1, 0.15) is 11.3 Å². The van der Waals surface area contributed by atoms with E-state index in [2.05, 4.69) is 0 Å². The van der Waals surface area contributed by atoms with Gasteiger partial charge in [0.2, 0.25) is 5.88 Å². The minimum atomic E-state index is -0.762. The molecule has 0 bridgehead atoms. The van der Waals surface area contributed by atoms with Crippen molar-refractivity contribution in [3.05, 3.63) is 57.6 Å². The first kappa shape index (κ1) is 17.9. The second-order valence-electron chi connectivity index (χ2n) is 5.05. The van der Waals surface area contributed by atoms with Crippen molar-refractivity contribution in [1.29, 1.82) is 0 Å². The van der Waals surface area contributed by atoms with Crippen LogP contribution >= 0.6 is 11.6 Å². The second kappa shape index (κ2) is 7.40. The average molecular weight is 352 g/mol. The van der Waals surface area contributed by atoms with Crippen molar-refractivity contribution in [2.45, 2.75) is 19.8 Å². The van der Waals surface area contributed by atoms with E-state index in [9.17, 15) is 9.59 Å². The molecule has 0 saturated heterocycles. The highest BCUT2D eigenvalue weighted by molar-refractivity contribution is 6.30. The van der Waals surface area contributed by atoms with Crippen LogP contribution in [0.25, 0.3) is 0 Å². The highest BCUT2D eigenvalue weighted by atomic mass is 35.5. The van der Waals surface area contributed by atoms with Crippen LogP contribution in [0, 0.1) is 0 Å². The van der Waals surface area contributed by atoms with Gasteiger partial charge < -0.3 is 19.9 Å². The number of hydrogen-bond acceptors (Lipinski definition) is 6. The van der Waals surface area contributed by atoms with Gasteiger partial charge in [0, 0.05) is 5.02 Å². The van der Waals surface area contributed by atoms with E-state index in [0.717, 1.165) is 0 Å². The Bertz CT molecular complexity index is 721. The van der Waals surface area contributed by atoms with Crippen molar-refractivity contribution in [2.75, 3.05) is 13.7 Å². The topological polar surface area (TPSA) is 87.9 Å². The number of allylic oxidation sites excluding steroid dienone is 1. The summed E-state index contributed by atoms with van der Waals surface area (Å²) in [5, 5.41) is 0.528. The third-order valence-electron chi connectivity index (χ3n) is 3.59. The molecular formula is C17H18ClNO5. The van der Waals surface area contributed by atoms with Crippen LogP contribution in [0.4, 0.5) is 0 Å². The lowest BCUT2D eigenvalue weighted by molar-refractivity contribution is -0.139. The zero-order valence-electron chi connectivity index (χ0n) is 13.6. The highest BCUT2D eigenvalue weighted by Crippen LogP contribution is 2.40. The molecule has 2 rings (SSSR count). The first-order chi connectivity index (χ1) is 11.4. The summed E-state index contributed by atoms with van der Waals surface area (Å²) in [5.74, 6) is -1.85. The van der Waals surface area contributed by atoms with Gasteiger partial charge in [0.15, 0.2) is 0 Å². The lowest BCUT2D eigenvalue weighted by atomic mass is 9.82. The molecule has 128 valence electrons. The number of esters is 2. The van der Waals surface area contributed by atoms with Gasteiger partial charge in [0.05, 0.1) is 25.2 Å². The molecule has 0 aromatic heterocycles. The van der Waals surface area contributed by atoms with Crippen LogP contribution < -0.4 is 5.73 Å². The molecule has 1 aliphatic heterocycles. The summed E-state index contributed by atoms with van der Waals surface area (Å²) in [6, 6.07) is 6.74. The SMILES string of the molecule is CCOC(=O)C1=C(C)OC(N)=C(C(=O)OC)C1c1ccc(Cl)cc1. The first-order valence-electron chi connectivity index (χ1n) is 7.29. The molecule has 0 fully saturated rings. The molecule has 24 heavy (non-hydrogen) atoms. The molecule has 6 nitrogen and oxygen atoms in total. The minimum absolute atomic E-state index is 0.0495. The average Bonchev–Trinajstić information content (AvgIpc) is 2.54. The number of nitrogens with two attached hydrogens (primary N) is 1. The van der Waals surface area contributed by atoms with E-state index in [1.807, 2.05) is 0 Å². The van der Waals surface area contributed by atoms with Gasteiger partial charge in [-0.2, -0.15) is 0 Å². The van der Waals surface area contributed by atoms with Crippen LogP contribution in [-0.4, -0.2) is 25.7 Å². The van der Waals surface area contributed by atoms with Gasteiger partial charge in [-0.3, -0.25) is 0 Å². The predicted molar refractivity (Wildman–Crippen MR) is 87.8 cm³/mol. The molecule has 1 aliphatic rings. The van der Waals surface area contributed by atoms with Gasteiger partial charge in [0.25, 0.3) is 0 Å². The Kier molecular flexibility index (Phi) is 5.51. The molecule has 1 unspecified atom stereocenters. The number of carbonyl (C=O) groups excluding carboxylic acids is 2. The van der Waals surface area contributed by atoms with Crippen LogP contribution in [-0.2, 0) is 23.8 Å². The fraction of sp³-hybridized carbons (Fsp3) is 0.294. The first-order valence-corrected chi connectivity index (χ1v) is 7.67. The number of benzene rings is 1. The van der Waals surface area contributed by atoms with E-state index < -0.39 is 17.9 Å². The summed E-state index contributed by atoms with van der Waals surface area (Å²) in [5.41, 5.74) is 6.78. The quantitative estimate of drug-likeness (QED) is 0.839. The smallest absolute Gasteiger partial charge is 0.340 e. The normalized spacial score (nSPS) is 17.4. The Morgan fingerprint density at radius 2 is 1.83 bits per heavy atom. The number of halogens is 1. The molecule has 0 amide bonds. The standard InChI is InChI=1S/C17H18ClNO5/c1-4-23-17(21)12-9(2)24-15(19)14(16(20)22-3)13(12)10-5-7-11(18)8-6-10/h5-8,13H,4,19H2,1-3H3. The van der Waals surface area contributed by atoms with E-state index in [0.29, 0.717) is 10.6 Å². The molecule has 1 aromatic rings. The third-order valence-corrected chi connectivity index (χ3v) is 3.84. The van der Waals surface area contributed by atoms with Gasteiger partial charge in [-0.15, -0.1) is 0 Å². The second-order valence-corrected chi connectivity index (χ2v) is 5.48. The number of rotatable bonds is 4. The van der Waals surface area contributed by atoms with Crippen LogP contribution in [0.2, 0.25) is 5.02 Å². The van der Waals surface area contributed by atoms with E-state index in [-0.39, 0.29) is 29.4 Å². The zero-order chi connectivity index (χ0) is 17.9. The Morgan fingerprint density at radius 1 is 1.21 bits per heavy atom. The van der Waals surface area contributed by atoms with Crippen molar-refractivity contribution in [1.82, 2.24) is 0 Å². The minimum Gasteiger partial charge on any atom is -0.465 e. The Morgan fingerprint density at radius 3 is 2.38 bits per heavy atom. The Hall–Kier alpha value is -2.47. The lowest BCUT2D eigenvalue weighted by Crippen LogP contribution is -2.29. The number of methoxy groups -OCH3 is 1. The van der Waals surface area contributed by atoms with Gasteiger partial charge in [-0.25, -0.2) is 9.59 Å². The maximum absolute atomic E-state index is 12.4. The molecule has 1 heterocycles. The summed E-state index contributed by atoms with van der Waals surface area (Å²) >= 11 is 5.93. The van der Waals surface area contributed by atoms with Crippen LogP contribution in [0.1, 0.15) is 25.3 Å². The lowest BCUT2D eigenvalue weighted by Gasteiger charge is -2.28. The molecule has 0 saturated carbocycles. The highest BCUT2D eigenvalue weighted by Gasteiger charge is 2.39. The van der Waals surface area contributed by atoms with Gasteiger partial charge >= 0.3 is 11.9 Å². The summed E-state index contributed by atoms with van der Waals surface area (Å²) in [7, 11) is 1.23. The van der Waals surface area contributed by atoms with E-state index >= 15 is 0 Å². The number of carbonyl (C=O) groups is 2. The van der Waals surface area contributed by atoms with Crippen LogP contribution in [0.5, 0.6) is 0 Å². The molecule has 1 atom stereocenters. The number of ether oxygens (including phenoxy) is 3. The zero-order valence-corrected chi connectivity index (χ0v) is 14.3. The van der Waals surface area contributed by atoms with Crippen molar-refractivity contribution >= 4 is 23.5 Å². The maximum Gasteiger partial charge on any atom is 0.340 e. The molecule has 7 heteroatoms. The summed E-state index contributed by atoms with van der Waals surface area (Å²) in [6.07, 6.45) is 0. The van der Waals surface area contributed by atoms with Crippen LogP contribution in [0.15, 0.2) is 47.1 Å². The Balaban J connectivity index is 2.63. The largest absolute Gasteiger partial charge is 0.465 e. The predicted octanol–water partition coefficient (Wildman–Crippen LogP) is 2.63. The monoisotopic (exact) mass is 351 g/mol. The Labute approximate surface area is 144 Å². The van der Waals surface area contributed by atoms with E-state index in [1.54, 1.807) is 38.1 Å². The molecule has 2 N–H and O–H groups in total. The maximum atomic E-state index is 12.4. The fourth-order valence-corrected chi connectivity index (χ4v) is 2.68.